The maximum absolute atomic E-state index is 13.6. The van der Waals surface area contributed by atoms with Gasteiger partial charge in [0.15, 0.2) is 0 Å². The summed E-state index contributed by atoms with van der Waals surface area (Å²) >= 11 is 3.33. The van der Waals surface area contributed by atoms with E-state index < -0.39 is 10.7 Å². The van der Waals surface area contributed by atoms with Crippen molar-refractivity contribution in [1.82, 2.24) is 9.88 Å². The summed E-state index contributed by atoms with van der Waals surface area (Å²) in [6.07, 6.45) is 1.23. The van der Waals surface area contributed by atoms with Gasteiger partial charge in [0.05, 0.1) is 21.6 Å². The van der Waals surface area contributed by atoms with Gasteiger partial charge in [0.1, 0.15) is 17.8 Å². The number of carbonyl (C=O) groups excluding carboxylic acids is 1. The summed E-state index contributed by atoms with van der Waals surface area (Å²) in [7, 11) is 0. The number of anilines is 2. The van der Waals surface area contributed by atoms with Crippen molar-refractivity contribution in [3.63, 3.8) is 0 Å². The van der Waals surface area contributed by atoms with Gasteiger partial charge in [-0.1, -0.05) is 12.1 Å². The molecule has 10 heteroatoms. The zero-order valence-electron chi connectivity index (χ0n) is 14.3. The Balaban J connectivity index is 1.54. The van der Waals surface area contributed by atoms with Crippen LogP contribution in [0.1, 0.15) is 0 Å². The van der Waals surface area contributed by atoms with Crippen LogP contribution >= 0.6 is 15.9 Å². The number of para-hydroxylation sites is 1. The maximum atomic E-state index is 13.6. The minimum atomic E-state index is -0.492. The molecule has 1 aromatic heterocycles. The van der Waals surface area contributed by atoms with E-state index in [2.05, 4.69) is 26.2 Å². The normalized spacial score (nSPS) is 14.8. The first kappa shape index (κ1) is 19.2. The van der Waals surface area contributed by atoms with Crippen molar-refractivity contribution in [2.45, 2.75) is 0 Å². The van der Waals surface area contributed by atoms with Crippen LogP contribution in [0, 0.1) is 15.9 Å². The second-order valence-electron chi connectivity index (χ2n) is 6.05. The number of hydrogen-bond donors (Lipinski definition) is 1. The van der Waals surface area contributed by atoms with Crippen LogP contribution in [0.2, 0.25) is 0 Å². The van der Waals surface area contributed by atoms with Crippen molar-refractivity contribution in [3.8, 4) is 0 Å². The summed E-state index contributed by atoms with van der Waals surface area (Å²) < 4.78 is 14.2. The van der Waals surface area contributed by atoms with E-state index in [1.807, 2.05) is 9.80 Å². The molecule has 2 heterocycles. The number of nitrogens with one attached hydrogen (secondary N) is 1. The van der Waals surface area contributed by atoms with Gasteiger partial charge in [0, 0.05) is 32.2 Å². The van der Waals surface area contributed by atoms with Crippen LogP contribution in [0.3, 0.4) is 0 Å². The summed E-state index contributed by atoms with van der Waals surface area (Å²) in [6, 6.07) is 7.46. The zero-order valence-corrected chi connectivity index (χ0v) is 15.9. The highest BCUT2D eigenvalue weighted by molar-refractivity contribution is 9.10. The number of amides is 1. The molecule has 1 N–H and O–H groups in total. The lowest BCUT2D eigenvalue weighted by Gasteiger charge is -2.35. The van der Waals surface area contributed by atoms with Gasteiger partial charge in [-0.3, -0.25) is 19.8 Å². The van der Waals surface area contributed by atoms with E-state index in [4.69, 9.17) is 0 Å². The molecule has 0 spiro atoms. The molecule has 0 aliphatic carbocycles. The van der Waals surface area contributed by atoms with Gasteiger partial charge >= 0.3 is 0 Å². The fourth-order valence-electron chi connectivity index (χ4n) is 2.83. The second-order valence-corrected chi connectivity index (χ2v) is 6.90. The van der Waals surface area contributed by atoms with E-state index in [1.165, 1.54) is 24.4 Å². The fourth-order valence-corrected chi connectivity index (χ4v) is 3.41. The highest BCUT2D eigenvalue weighted by atomic mass is 79.9. The van der Waals surface area contributed by atoms with Crippen molar-refractivity contribution in [1.29, 1.82) is 0 Å². The number of nitrogens with zero attached hydrogens (tertiary/aromatic N) is 4. The molecule has 0 saturated carbocycles. The minimum Gasteiger partial charge on any atom is -0.353 e. The van der Waals surface area contributed by atoms with Crippen LogP contribution in [0.5, 0.6) is 0 Å². The highest BCUT2D eigenvalue weighted by Gasteiger charge is 2.22. The number of nitro groups is 1. The minimum absolute atomic E-state index is 0.0749. The largest absolute Gasteiger partial charge is 0.353 e. The van der Waals surface area contributed by atoms with Crippen molar-refractivity contribution in [3.05, 3.63) is 56.9 Å². The third-order valence-electron chi connectivity index (χ3n) is 4.21. The van der Waals surface area contributed by atoms with Gasteiger partial charge < -0.3 is 10.2 Å². The van der Waals surface area contributed by atoms with Crippen molar-refractivity contribution < 1.29 is 14.1 Å². The summed E-state index contributed by atoms with van der Waals surface area (Å²) in [6.45, 7) is 2.65. The summed E-state index contributed by atoms with van der Waals surface area (Å²) in [5, 5.41) is 13.4. The SMILES string of the molecule is O=C(CN1CCN(c2ncc([N+](=O)[O-])cc2Br)CC1)Nc1ccccc1F. The van der Waals surface area contributed by atoms with Crippen LogP contribution in [-0.4, -0.2) is 53.4 Å². The molecule has 0 unspecified atom stereocenters. The standard InChI is InChI=1S/C17H17BrFN5O3/c18-13-9-12(24(26)27)10-20-17(13)23-7-5-22(6-8-23)11-16(25)21-15-4-2-1-3-14(15)19/h1-4,9-10H,5-8,11H2,(H,21,25). The number of hydrogen-bond acceptors (Lipinski definition) is 6. The van der Waals surface area contributed by atoms with Crippen molar-refractivity contribution in [2.24, 2.45) is 0 Å². The number of pyridine rings is 1. The van der Waals surface area contributed by atoms with Gasteiger partial charge in [0.25, 0.3) is 5.69 Å². The summed E-state index contributed by atoms with van der Waals surface area (Å²) in [5.74, 6) is -0.107. The molecular formula is C17H17BrFN5O3. The number of aromatic nitrogens is 1. The van der Waals surface area contributed by atoms with Gasteiger partial charge in [-0.25, -0.2) is 9.37 Å². The smallest absolute Gasteiger partial charge is 0.288 e. The summed E-state index contributed by atoms with van der Waals surface area (Å²) in [5.41, 5.74) is 0.0919. The Bertz CT molecular complexity index is 858. The Morgan fingerprint density at radius 2 is 2.00 bits per heavy atom. The number of rotatable bonds is 5. The lowest BCUT2D eigenvalue weighted by atomic mass is 10.2. The maximum Gasteiger partial charge on any atom is 0.288 e. The van der Waals surface area contributed by atoms with Crippen LogP contribution in [0.25, 0.3) is 0 Å². The molecule has 2 aromatic rings. The molecule has 8 nitrogen and oxygen atoms in total. The van der Waals surface area contributed by atoms with Crippen LogP contribution in [0.4, 0.5) is 21.6 Å². The highest BCUT2D eigenvalue weighted by Crippen LogP contribution is 2.28. The van der Waals surface area contributed by atoms with E-state index in [-0.39, 0.29) is 23.8 Å². The number of piperazine rings is 1. The fraction of sp³-hybridized carbons (Fsp3) is 0.294. The quantitative estimate of drug-likeness (QED) is 0.570. The van der Waals surface area contributed by atoms with Gasteiger partial charge in [0.2, 0.25) is 5.91 Å². The van der Waals surface area contributed by atoms with Crippen LogP contribution in [0.15, 0.2) is 41.0 Å². The first-order valence-corrected chi connectivity index (χ1v) is 9.05. The molecular weight excluding hydrogens is 421 g/mol. The summed E-state index contributed by atoms with van der Waals surface area (Å²) in [4.78, 5) is 30.6. The molecule has 0 atom stereocenters. The van der Waals surface area contributed by atoms with E-state index in [0.717, 1.165) is 0 Å². The monoisotopic (exact) mass is 437 g/mol. The van der Waals surface area contributed by atoms with E-state index in [1.54, 1.807) is 12.1 Å². The van der Waals surface area contributed by atoms with Gasteiger partial charge in [-0.2, -0.15) is 0 Å². The average molecular weight is 438 g/mol. The molecule has 142 valence electrons. The van der Waals surface area contributed by atoms with Crippen LogP contribution in [-0.2, 0) is 4.79 Å². The first-order chi connectivity index (χ1) is 12.9. The Kier molecular flexibility index (Phi) is 5.97. The Labute approximate surface area is 163 Å². The number of benzene rings is 1. The third kappa shape index (κ3) is 4.77. The first-order valence-electron chi connectivity index (χ1n) is 8.25. The molecule has 1 aromatic carbocycles. The molecule has 3 rings (SSSR count). The molecule has 0 bridgehead atoms. The number of carbonyl (C=O) groups is 1. The van der Waals surface area contributed by atoms with Crippen molar-refractivity contribution >= 4 is 39.0 Å². The Morgan fingerprint density at radius 1 is 1.30 bits per heavy atom. The predicted molar refractivity (Wildman–Crippen MR) is 102 cm³/mol. The molecule has 0 radical (unpaired) electrons. The van der Waals surface area contributed by atoms with E-state index in [9.17, 15) is 19.3 Å². The lowest BCUT2D eigenvalue weighted by Crippen LogP contribution is -2.49. The molecule has 1 saturated heterocycles. The van der Waals surface area contributed by atoms with E-state index >= 15 is 0 Å². The third-order valence-corrected chi connectivity index (χ3v) is 4.79. The molecule has 27 heavy (non-hydrogen) atoms. The topological polar surface area (TPSA) is 91.6 Å². The van der Waals surface area contributed by atoms with E-state index in [0.29, 0.717) is 36.5 Å². The van der Waals surface area contributed by atoms with Crippen molar-refractivity contribution in [2.75, 3.05) is 42.9 Å². The van der Waals surface area contributed by atoms with Gasteiger partial charge in [-0.05, 0) is 28.1 Å². The molecule has 1 fully saturated rings. The Morgan fingerprint density at radius 3 is 2.63 bits per heavy atom. The second kappa shape index (κ2) is 8.40. The van der Waals surface area contributed by atoms with Crippen LogP contribution < -0.4 is 10.2 Å². The lowest BCUT2D eigenvalue weighted by molar-refractivity contribution is -0.385. The average Bonchev–Trinajstić information content (AvgIpc) is 2.64. The molecule has 1 amide bonds. The Hall–Kier alpha value is -2.59. The van der Waals surface area contributed by atoms with Gasteiger partial charge in [-0.15, -0.1) is 0 Å². The molecule has 1 aliphatic heterocycles. The number of halogens is 2. The zero-order chi connectivity index (χ0) is 19.4. The molecule has 1 aliphatic rings. The predicted octanol–water partition coefficient (Wildman–Crippen LogP) is 2.65.